The van der Waals surface area contributed by atoms with Gasteiger partial charge in [-0.05, 0) is 24.3 Å². The van der Waals surface area contributed by atoms with E-state index in [-0.39, 0.29) is 27.5 Å². The van der Waals surface area contributed by atoms with Crippen molar-refractivity contribution < 1.29 is 14.5 Å². The molecular weight excluding hydrogens is 348 g/mol. The van der Waals surface area contributed by atoms with Crippen molar-refractivity contribution in [3.05, 3.63) is 62.7 Å². The fourth-order valence-corrected chi connectivity index (χ4v) is 2.34. The van der Waals surface area contributed by atoms with Crippen LogP contribution in [0.5, 0.6) is 0 Å². The minimum Gasteiger partial charge on any atom is -0.377 e. The van der Waals surface area contributed by atoms with Crippen LogP contribution >= 0.6 is 11.6 Å². The van der Waals surface area contributed by atoms with Gasteiger partial charge in [0.25, 0.3) is 11.6 Å². The molecule has 0 spiro atoms. The zero-order valence-electron chi connectivity index (χ0n) is 13.4. The Balaban J connectivity index is 2.44. The topological polar surface area (TPSA) is 119 Å². The molecule has 0 heterocycles. The summed E-state index contributed by atoms with van der Waals surface area (Å²) in [6.45, 7) is 0. The van der Waals surface area contributed by atoms with Crippen LogP contribution in [-0.4, -0.2) is 30.8 Å². The Morgan fingerprint density at radius 3 is 2.44 bits per heavy atom. The molecule has 2 amide bonds. The summed E-state index contributed by atoms with van der Waals surface area (Å²) < 4.78 is 0. The summed E-state index contributed by atoms with van der Waals surface area (Å²) in [4.78, 5) is 35.9. The number of hydrogen-bond donors (Lipinski definition) is 2. The van der Waals surface area contributed by atoms with Gasteiger partial charge in [0.05, 0.1) is 21.2 Å². The number of carbonyl (C=O) groups is 2. The Bertz CT molecular complexity index is 867. The van der Waals surface area contributed by atoms with Gasteiger partial charge >= 0.3 is 0 Å². The molecule has 130 valence electrons. The highest BCUT2D eigenvalue weighted by molar-refractivity contribution is 6.34. The van der Waals surface area contributed by atoms with Crippen LogP contribution in [0.1, 0.15) is 20.7 Å². The van der Waals surface area contributed by atoms with Crippen LogP contribution in [0.3, 0.4) is 0 Å². The highest BCUT2D eigenvalue weighted by Crippen LogP contribution is 2.28. The average Bonchev–Trinajstić information content (AvgIpc) is 2.55. The van der Waals surface area contributed by atoms with Gasteiger partial charge in [0.15, 0.2) is 0 Å². The van der Waals surface area contributed by atoms with Gasteiger partial charge in [-0.15, -0.1) is 0 Å². The Morgan fingerprint density at radius 2 is 1.88 bits per heavy atom. The summed E-state index contributed by atoms with van der Waals surface area (Å²) >= 11 is 6.03. The summed E-state index contributed by atoms with van der Waals surface area (Å²) in [5.74, 6) is -1.27. The van der Waals surface area contributed by atoms with E-state index in [0.29, 0.717) is 5.69 Å². The number of non-ortho nitro benzene ring substituents is 1. The zero-order valence-corrected chi connectivity index (χ0v) is 14.2. The van der Waals surface area contributed by atoms with Crippen molar-refractivity contribution in [3.63, 3.8) is 0 Å². The first kappa shape index (κ1) is 18.2. The fourth-order valence-electron chi connectivity index (χ4n) is 2.17. The predicted octanol–water partition coefficient (Wildman–Crippen LogP) is 2.67. The number of amides is 2. The minimum absolute atomic E-state index is 0.0970. The Labute approximate surface area is 148 Å². The van der Waals surface area contributed by atoms with E-state index < -0.39 is 16.7 Å². The largest absolute Gasteiger partial charge is 0.377 e. The van der Waals surface area contributed by atoms with Crippen molar-refractivity contribution in [2.24, 2.45) is 5.73 Å². The molecule has 0 saturated heterocycles. The SMILES string of the molecule is CN(C)c1ccc([N+](=O)[O-])cc1C(=O)Nc1cc(C(N)=O)ccc1Cl. The van der Waals surface area contributed by atoms with Crippen molar-refractivity contribution >= 4 is 40.5 Å². The van der Waals surface area contributed by atoms with Crippen molar-refractivity contribution in [1.82, 2.24) is 0 Å². The molecule has 2 rings (SSSR count). The third-order valence-corrected chi connectivity index (χ3v) is 3.75. The Kier molecular flexibility index (Phi) is 5.23. The molecule has 8 nitrogen and oxygen atoms in total. The molecule has 0 radical (unpaired) electrons. The van der Waals surface area contributed by atoms with Crippen LogP contribution in [0.15, 0.2) is 36.4 Å². The highest BCUT2D eigenvalue weighted by atomic mass is 35.5. The zero-order chi connectivity index (χ0) is 18.7. The molecule has 2 aromatic carbocycles. The lowest BCUT2D eigenvalue weighted by Crippen LogP contribution is -2.19. The van der Waals surface area contributed by atoms with E-state index in [0.717, 1.165) is 0 Å². The number of halogens is 1. The predicted molar refractivity (Wildman–Crippen MR) is 95.3 cm³/mol. The molecular formula is C16H15ClN4O4. The van der Waals surface area contributed by atoms with Crippen LogP contribution < -0.4 is 16.0 Å². The number of hydrogen-bond acceptors (Lipinski definition) is 5. The first-order valence-corrected chi connectivity index (χ1v) is 7.45. The van der Waals surface area contributed by atoms with Gasteiger partial charge in [-0.3, -0.25) is 19.7 Å². The standard InChI is InChI=1S/C16H15ClN4O4/c1-20(2)14-6-4-10(21(24)25)8-11(14)16(23)19-13-7-9(15(18)22)3-5-12(13)17/h3-8H,1-2H3,(H2,18,22)(H,19,23). The number of nitrogens with two attached hydrogens (primary N) is 1. The lowest BCUT2D eigenvalue weighted by Gasteiger charge is -2.17. The number of anilines is 2. The molecule has 25 heavy (non-hydrogen) atoms. The third-order valence-electron chi connectivity index (χ3n) is 3.42. The Morgan fingerprint density at radius 1 is 1.20 bits per heavy atom. The Hall–Kier alpha value is -3.13. The van der Waals surface area contributed by atoms with E-state index in [1.54, 1.807) is 19.0 Å². The van der Waals surface area contributed by atoms with E-state index >= 15 is 0 Å². The number of benzene rings is 2. The first-order chi connectivity index (χ1) is 11.7. The molecule has 0 aliphatic heterocycles. The molecule has 0 aliphatic rings. The molecule has 0 atom stereocenters. The van der Waals surface area contributed by atoms with Crippen molar-refractivity contribution in [2.45, 2.75) is 0 Å². The van der Waals surface area contributed by atoms with E-state index in [2.05, 4.69) is 5.32 Å². The van der Waals surface area contributed by atoms with Crippen LogP contribution in [0, 0.1) is 10.1 Å². The number of nitrogens with one attached hydrogen (secondary N) is 1. The van der Waals surface area contributed by atoms with Crippen LogP contribution in [0.2, 0.25) is 5.02 Å². The lowest BCUT2D eigenvalue weighted by atomic mass is 10.1. The van der Waals surface area contributed by atoms with Crippen molar-refractivity contribution in [3.8, 4) is 0 Å². The van der Waals surface area contributed by atoms with Crippen LogP contribution in [0.25, 0.3) is 0 Å². The molecule has 0 unspecified atom stereocenters. The molecule has 0 fully saturated rings. The van der Waals surface area contributed by atoms with Gasteiger partial charge in [0.1, 0.15) is 0 Å². The van der Waals surface area contributed by atoms with Gasteiger partial charge in [-0.1, -0.05) is 11.6 Å². The summed E-state index contributed by atoms with van der Waals surface area (Å²) in [5.41, 5.74) is 5.94. The molecule has 0 bridgehead atoms. The second kappa shape index (κ2) is 7.18. The maximum atomic E-state index is 12.6. The summed E-state index contributed by atoms with van der Waals surface area (Å²) in [5, 5.41) is 13.7. The van der Waals surface area contributed by atoms with Gasteiger partial charge in [0.2, 0.25) is 5.91 Å². The number of rotatable bonds is 5. The summed E-state index contributed by atoms with van der Waals surface area (Å²) in [6.07, 6.45) is 0. The van der Waals surface area contributed by atoms with Crippen LogP contribution in [0.4, 0.5) is 17.1 Å². The first-order valence-electron chi connectivity index (χ1n) is 7.07. The molecule has 9 heteroatoms. The molecule has 0 aliphatic carbocycles. The van der Waals surface area contributed by atoms with Gasteiger partial charge in [-0.2, -0.15) is 0 Å². The average molecular weight is 363 g/mol. The normalized spacial score (nSPS) is 10.2. The van der Waals surface area contributed by atoms with E-state index in [1.165, 1.54) is 36.4 Å². The number of primary amides is 1. The van der Waals surface area contributed by atoms with Crippen molar-refractivity contribution in [1.29, 1.82) is 0 Å². The van der Waals surface area contributed by atoms with Crippen LogP contribution in [-0.2, 0) is 0 Å². The second-order valence-electron chi connectivity index (χ2n) is 5.37. The molecule has 0 saturated carbocycles. The van der Waals surface area contributed by atoms with Gasteiger partial charge in [-0.25, -0.2) is 0 Å². The summed E-state index contributed by atoms with van der Waals surface area (Å²) in [6, 6.07) is 8.17. The number of carbonyl (C=O) groups excluding carboxylic acids is 2. The fraction of sp³-hybridized carbons (Fsp3) is 0.125. The minimum atomic E-state index is -0.670. The van der Waals surface area contributed by atoms with Gasteiger partial charge in [0, 0.05) is 37.5 Å². The van der Waals surface area contributed by atoms with E-state index in [4.69, 9.17) is 17.3 Å². The highest BCUT2D eigenvalue weighted by Gasteiger charge is 2.19. The third kappa shape index (κ3) is 4.04. The number of nitrogens with zero attached hydrogens (tertiary/aromatic N) is 2. The van der Waals surface area contributed by atoms with Crippen molar-refractivity contribution in [2.75, 3.05) is 24.3 Å². The monoisotopic (exact) mass is 362 g/mol. The second-order valence-corrected chi connectivity index (χ2v) is 5.77. The molecule has 3 N–H and O–H groups in total. The quantitative estimate of drug-likeness (QED) is 0.626. The molecule has 2 aromatic rings. The van der Waals surface area contributed by atoms with E-state index in [9.17, 15) is 19.7 Å². The maximum Gasteiger partial charge on any atom is 0.270 e. The van der Waals surface area contributed by atoms with E-state index in [1.807, 2.05) is 0 Å². The number of nitro benzene ring substituents is 1. The maximum absolute atomic E-state index is 12.6. The lowest BCUT2D eigenvalue weighted by molar-refractivity contribution is -0.384. The molecule has 0 aromatic heterocycles. The smallest absolute Gasteiger partial charge is 0.270 e. The summed E-state index contributed by atoms with van der Waals surface area (Å²) in [7, 11) is 3.41. The van der Waals surface area contributed by atoms with Gasteiger partial charge < -0.3 is 16.0 Å². The number of nitro groups is 1.